The quantitative estimate of drug-likeness (QED) is 0.300. The summed E-state index contributed by atoms with van der Waals surface area (Å²) in [6.07, 6.45) is 1.80. The number of aromatic nitrogens is 2. The summed E-state index contributed by atoms with van der Waals surface area (Å²) in [5.74, 6) is 0.976. The van der Waals surface area contributed by atoms with E-state index < -0.39 is 0 Å². The third-order valence-electron chi connectivity index (χ3n) is 5.07. The summed E-state index contributed by atoms with van der Waals surface area (Å²) in [6.45, 7) is 2.66. The fourth-order valence-electron chi connectivity index (χ4n) is 3.57. The van der Waals surface area contributed by atoms with Crippen molar-refractivity contribution >= 4 is 56.6 Å². The van der Waals surface area contributed by atoms with Crippen LogP contribution in [-0.4, -0.2) is 16.0 Å². The van der Waals surface area contributed by atoms with Crippen LogP contribution in [0.5, 0.6) is 11.5 Å². The lowest BCUT2D eigenvalue weighted by Gasteiger charge is -2.14. The Labute approximate surface area is 203 Å². The molecule has 0 fully saturated rings. The predicted octanol–water partition coefficient (Wildman–Crippen LogP) is 5.74. The van der Waals surface area contributed by atoms with Gasteiger partial charge in [-0.2, -0.15) is 0 Å². The number of nitrogens with zero attached hydrogens (tertiary/aromatic N) is 2. The smallest absolute Gasteiger partial charge is 0.274 e. The van der Waals surface area contributed by atoms with E-state index in [4.69, 9.17) is 32.7 Å². The molecular formula is C25H18Cl2N2O3S. The molecule has 0 N–H and O–H groups in total. The molecule has 0 bridgehead atoms. The van der Waals surface area contributed by atoms with Gasteiger partial charge >= 0.3 is 0 Å². The summed E-state index contributed by atoms with van der Waals surface area (Å²) in [6, 6.07) is 18.6. The number of halogens is 2. The van der Waals surface area contributed by atoms with Crippen LogP contribution in [0, 0.1) is 0 Å². The van der Waals surface area contributed by atoms with Crippen molar-refractivity contribution in [2.24, 2.45) is 0 Å². The molecule has 0 atom stereocenters. The van der Waals surface area contributed by atoms with Gasteiger partial charge in [-0.3, -0.25) is 4.79 Å². The molecule has 0 aliphatic heterocycles. The van der Waals surface area contributed by atoms with E-state index in [-0.39, 0.29) is 5.56 Å². The van der Waals surface area contributed by atoms with Gasteiger partial charge in [0.2, 0.25) is 0 Å². The minimum atomic E-state index is -0.110. The Balaban J connectivity index is 1.52. The van der Waals surface area contributed by atoms with Crippen LogP contribution in [0.25, 0.3) is 22.1 Å². The number of fused-ring (bicyclic) bond motifs is 3. The fraction of sp³-hybridized carbons (Fsp3) is 0.120. The molecule has 2 heterocycles. The van der Waals surface area contributed by atoms with Crippen LogP contribution in [0.1, 0.15) is 18.1 Å². The van der Waals surface area contributed by atoms with Crippen LogP contribution in [0.4, 0.5) is 0 Å². The maximum Gasteiger partial charge on any atom is 0.274 e. The van der Waals surface area contributed by atoms with E-state index in [1.54, 1.807) is 16.5 Å². The minimum absolute atomic E-state index is 0.110. The standard InChI is InChI=1S/C25H18Cl2N2O3S/c1-2-31-21-12-16(11-18(27)23(21)32-14-15-7-9-17(26)10-8-15)13-22-24(30)29-20-6-4-3-5-19(20)28-25(29)33-22/h3-13H,2,14H2,1H3. The largest absolute Gasteiger partial charge is 0.490 e. The van der Waals surface area contributed by atoms with Gasteiger partial charge in [0.1, 0.15) is 6.61 Å². The molecular weight excluding hydrogens is 479 g/mol. The molecule has 0 radical (unpaired) electrons. The second-order valence-electron chi connectivity index (χ2n) is 7.31. The monoisotopic (exact) mass is 496 g/mol. The first kappa shape index (κ1) is 21.8. The fourth-order valence-corrected chi connectivity index (χ4v) is 4.96. The molecule has 0 saturated carbocycles. The molecule has 8 heteroatoms. The van der Waals surface area contributed by atoms with Crippen molar-refractivity contribution in [1.29, 1.82) is 0 Å². The molecule has 5 nitrogen and oxygen atoms in total. The van der Waals surface area contributed by atoms with Crippen LogP contribution in [-0.2, 0) is 6.61 Å². The van der Waals surface area contributed by atoms with E-state index in [2.05, 4.69) is 4.98 Å². The molecule has 166 valence electrons. The average Bonchev–Trinajstić information content (AvgIpc) is 3.31. The highest BCUT2D eigenvalue weighted by molar-refractivity contribution is 7.15. The van der Waals surface area contributed by atoms with Crippen molar-refractivity contribution in [2.45, 2.75) is 13.5 Å². The van der Waals surface area contributed by atoms with E-state index in [1.807, 2.05) is 61.5 Å². The number of rotatable bonds is 6. The molecule has 33 heavy (non-hydrogen) atoms. The number of hydrogen-bond donors (Lipinski definition) is 0. The van der Waals surface area contributed by atoms with Gasteiger partial charge < -0.3 is 9.47 Å². The zero-order valence-corrected chi connectivity index (χ0v) is 19.9. The van der Waals surface area contributed by atoms with E-state index >= 15 is 0 Å². The maximum atomic E-state index is 13.1. The van der Waals surface area contributed by atoms with Gasteiger partial charge in [-0.25, -0.2) is 9.38 Å². The Morgan fingerprint density at radius 1 is 1.06 bits per heavy atom. The summed E-state index contributed by atoms with van der Waals surface area (Å²) in [5, 5.41) is 1.07. The van der Waals surface area contributed by atoms with Crippen molar-refractivity contribution < 1.29 is 9.47 Å². The Bertz CT molecular complexity index is 1580. The SMILES string of the molecule is CCOc1cc(C=c2sc3nc4ccccc4n3c2=O)cc(Cl)c1OCc1ccc(Cl)cc1. The van der Waals surface area contributed by atoms with Crippen LogP contribution in [0.15, 0.2) is 65.5 Å². The lowest BCUT2D eigenvalue weighted by atomic mass is 10.2. The van der Waals surface area contributed by atoms with Gasteiger partial charge in [0.05, 0.1) is 27.2 Å². The van der Waals surface area contributed by atoms with Gasteiger partial charge in [-0.15, -0.1) is 0 Å². The first-order valence-electron chi connectivity index (χ1n) is 10.3. The number of ether oxygens (including phenoxy) is 2. The van der Waals surface area contributed by atoms with Crippen molar-refractivity contribution in [1.82, 2.24) is 9.38 Å². The molecule has 3 aromatic carbocycles. The highest BCUT2D eigenvalue weighted by Gasteiger charge is 2.14. The van der Waals surface area contributed by atoms with Crippen LogP contribution in [0.3, 0.4) is 0 Å². The van der Waals surface area contributed by atoms with Crippen molar-refractivity contribution in [3.05, 3.63) is 96.7 Å². The van der Waals surface area contributed by atoms with Crippen molar-refractivity contribution in [3.63, 3.8) is 0 Å². The van der Waals surface area contributed by atoms with Gasteiger partial charge in [0.15, 0.2) is 16.5 Å². The van der Waals surface area contributed by atoms with E-state index in [1.165, 1.54) is 11.3 Å². The van der Waals surface area contributed by atoms with Gasteiger partial charge in [-0.1, -0.05) is 58.8 Å². The Hall–Kier alpha value is -3.06. The first-order valence-corrected chi connectivity index (χ1v) is 11.9. The van der Waals surface area contributed by atoms with Gasteiger partial charge in [0.25, 0.3) is 5.56 Å². The molecule has 5 rings (SSSR count). The van der Waals surface area contributed by atoms with E-state index in [0.717, 1.165) is 22.2 Å². The number of imidazole rings is 1. The maximum absolute atomic E-state index is 13.1. The Kier molecular flexibility index (Phi) is 5.98. The van der Waals surface area contributed by atoms with Crippen molar-refractivity contribution in [2.75, 3.05) is 6.61 Å². The third-order valence-corrected chi connectivity index (χ3v) is 6.57. The lowest BCUT2D eigenvalue weighted by Crippen LogP contribution is -2.22. The average molecular weight is 497 g/mol. The number of benzene rings is 3. The molecule has 2 aromatic heterocycles. The number of thiazole rings is 1. The summed E-state index contributed by atoms with van der Waals surface area (Å²) >= 11 is 13.9. The van der Waals surface area contributed by atoms with Crippen LogP contribution in [0.2, 0.25) is 10.0 Å². The Morgan fingerprint density at radius 3 is 2.64 bits per heavy atom. The lowest BCUT2D eigenvalue weighted by molar-refractivity contribution is 0.269. The zero-order valence-electron chi connectivity index (χ0n) is 17.5. The molecule has 0 amide bonds. The third kappa shape index (κ3) is 4.29. The first-order chi connectivity index (χ1) is 16.0. The molecule has 0 aliphatic carbocycles. The predicted molar refractivity (Wildman–Crippen MR) is 134 cm³/mol. The van der Waals surface area contributed by atoms with Gasteiger partial charge in [0, 0.05) is 5.02 Å². The second-order valence-corrected chi connectivity index (χ2v) is 9.17. The van der Waals surface area contributed by atoms with Gasteiger partial charge in [-0.05, 0) is 60.5 Å². The minimum Gasteiger partial charge on any atom is -0.490 e. The summed E-state index contributed by atoms with van der Waals surface area (Å²) < 4.78 is 14.0. The summed E-state index contributed by atoms with van der Waals surface area (Å²) in [5.41, 5.74) is 3.19. The Morgan fingerprint density at radius 2 is 1.85 bits per heavy atom. The van der Waals surface area contributed by atoms with Crippen LogP contribution >= 0.6 is 34.5 Å². The summed E-state index contributed by atoms with van der Waals surface area (Å²) in [4.78, 5) is 18.3. The normalized spacial score (nSPS) is 12.0. The number of para-hydroxylation sites is 2. The second kappa shape index (κ2) is 9.06. The van der Waals surface area contributed by atoms with Crippen LogP contribution < -0.4 is 19.6 Å². The molecule has 0 spiro atoms. The molecule has 0 aliphatic rings. The molecule has 0 unspecified atom stereocenters. The van der Waals surface area contributed by atoms with E-state index in [9.17, 15) is 4.79 Å². The summed E-state index contributed by atoms with van der Waals surface area (Å²) in [7, 11) is 0. The van der Waals surface area contributed by atoms with E-state index in [0.29, 0.717) is 44.3 Å². The topological polar surface area (TPSA) is 52.8 Å². The number of hydrogen-bond acceptors (Lipinski definition) is 5. The van der Waals surface area contributed by atoms with Crippen molar-refractivity contribution in [3.8, 4) is 11.5 Å². The molecule has 5 aromatic rings. The zero-order chi connectivity index (χ0) is 22.9. The highest BCUT2D eigenvalue weighted by Crippen LogP contribution is 2.37. The molecule has 0 saturated heterocycles. The highest BCUT2D eigenvalue weighted by atomic mass is 35.5.